The summed E-state index contributed by atoms with van der Waals surface area (Å²) in [6, 6.07) is 15.2. The largest absolute Gasteiger partial charge is 0.378 e. The molecule has 0 radical (unpaired) electrons. The van der Waals surface area contributed by atoms with Gasteiger partial charge in [0.1, 0.15) is 0 Å². The number of nitrogens with one attached hydrogen (secondary N) is 2. The highest BCUT2D eigenvalue weighted by atomic mass is 35.5. The van der Waals surface area contributed by atoms with Crippen LogP contribution in [0.15, 0.2) is 54.6 Å². The van der Waals surface area contributed by atoms with E-state index in [9.17, 15) is 14.7 Å². The topological polar surface area (TPSA) is 78.4 Å². The number of rotatable bonds is 6. The molecule has 2 rings (SSSR count). The summed E-state index contributed by atoms with van der Waals surface area (Å²) in [5.74, 6) is -0.753. The molecule has 0 aromatic heterocycles. The second-order valence-corrected chi connectivity index (χ2v) is 5.30. The zero-order valence-corrected chi connectivity index (χ0v) is 13.1. The molecule has 23 heavy (non-hydrogen) atoms. The van der Waals surface area contributed by atoms with Gasteiger partial charge in [-0.3, -0.25) is 9.59 Å². The Bertz CT molecular complexity index is 659. The van der Waals surface area contributed by atoms with Gasteiger partial charge in [-0.05, 0) is 29.8 Å². The molecule has 0 aliphatic rings. The quantitative estimate of drug-likeness (QED) is 0.707. The molecule has 0 bridgehead atoms. The van der Waals surface area contributed by atoms with Gasteiger partial charge in [0.15, 0.2) is 6.10 Å². The van der Waals surface area contributed by atoms with Crippen LogP contribution in [0.25, 0.3) is 0 Å². The van der Waals surface area contributed by atoms with Gasteiger partial charge in [0, 0.05) is 23.7 Å². The summed E-state index contributed by atoms with van der Waals surface area (Å²) in [6.07, 6.45) is -1.22. The highest BCUT2D eigenvalue weighted by molar-refractivity contribution is 6.30. The second-order valence-electron chi connectivity index (χ2n) is 4.87. The maximum atomic E-state index is 11.8. The van der Waals surface area contributed by atoms with Gasteiger partial charge in [0.05, 0.1) is 0 Å². The lowest BCUT2D eigenvalue weighted by Gasteiger charge is -2.12. The lowest BCUT2D eigenvalue weighted by Crippen LogP contribution is -2.36. The van der Waals surface area contributed by atoms with Crippen LogP contribution in [0.2, 0.25) is 5.02 Å². The summed E-state index contributed by atoms with van der Waals surface area (Å²) >= 11 is 5.76. The Labute approximate surface area is 139 Å². The Morgan fingerprint density at radius 2 is 1.57 bits per heavy atom. The lowest BCUT2D eigenvalue weighted by atomic mass is 10.1. The van der Waals surface area contributed by atoms with Crippen LogP contribution in [-0.2, 0) is 4.79 Å². The SMILES string of the molecule is O=C(NCCNC(=O)C(O)c1ccccc1)c1ccc(Cl)cc1. The fourth-order valence-corrected chi connectivity index (χ4v) is 2.07. The van der Waals surface area contributed by atoms with E-state index in [1.54, 1.807) is 54.6 Å². The average molecular weight is 333 g/mol. The van der Waals surface area contributed by atoms with Crippen LogP contribution >= 0.6 is 11.6 Å². The fourth-order valence-electron chi connectivity index (χ4n) is 1.95. The van der Waals surface area contributed by atoms with E-state index in [2.05, 4.69) is 10.6 Å². The zero-order valence-electron chi connectivity index (χ0n) is 12.3. The maximum absolute atomic E-state index is 11.8. The molecule has 120 valence electrons. The number of halogens is 1. The van der Waals surface area contributed by atoms with Crippen LogP contribution in [0.3, 0.4) is 0 Å². The molecule has 2 amide bonds. The Balaban J connectivity index is 1.73. The summed E-state index contributed by atoms with van der Waals surface area (Å²) in [5.41, 5.74) is 1.01. The predicted molar refractivity (Wildman–Crippen MR) is 88.2 cm³/mol. The van der Waals surface area contributed by atoms with E-state index in [4.69, 9.17) is 11.6 Å². The van der Waals surface area contributed by atoms with Gasteiger partial charge in [-0.15, -0.1) is 0 Å². The minimum absolute atomic E-state index is 0.224. The zero-order chi connectivity index (χ0) is 16.7. The molecule has 2 aromatic rings. The molecule has 0 heterocycles. The van der Waals surface area contributed by atoms with Crippen molar-refractivity contribution < 1.29 is 14.7 Å². The van der Waals surface area contributed by atoms with Crippen molar-refractivity contribution in [3.05, 3.63) is 70.7 Å². The molecule has 0 saturated heterocycles. The number of aliphatic hydroxyl groups excluding tert-OH is 1. The molecule has 0 fully saturated rings. The summed E-state index contributed by atoms with van der Waals surface area (Å²) in [7, 11) is 0. The first kappa shape index (κ1) is 17.0. The molecule has 0 saturated carbocycles. The Morgan fingerprint density at radius 3 is 2.22 bits per heavy atom. The van der Waals surface area contributed by atoms with Gasteiger partial charge in [0.25, 0.3) is 11.8 Å². The highest BCUT2D eigenvalue weighted by Crippen LogP contribution is 2.11. The first-order chi connectivity index (χ1) is 11.1. The van der Waals surface area contributed by atoms with E-state index in [0.29, 0.717) is 16.1 Å². The molecule has 1 unspecified atom stereocenters. The number of hydrogen-bond donors (Lipinski definition) is 3. The normalized spacial score (nSPS) is 11.6. The van der Waals surface area contributed by atoms with Crippen LogP contribution in [0.4, 0.5) is 0 Å². The van der Waals surface area contributed by atoms with Gasteiger partial charge >= 0.3 is 0 Å². The van der Waals surface area contributed by atoms with E-state index >= 15 is 0 Å². The van der Waals surface area contributed by atoms with E-state index < -0.39 is 12.0 Å². The van der Waals surface area contributed by atoms with Crippen LogP contribution in [0.5, 0.6) is 0 Å². The fraction of sp³-hybridized carbons (Fsp3) is 0.176. The number of carbonyl (C=O) groups is 2. The molecule has 3 N–H and O–H groups in total. The Morgan fingerprint density at radius 1 is 0.957 bits per heavy atom. The minimum atomic E-state index is -1.22. The van der Waals surface area contributed by atoms with Crippen LogP contribution in [0, 0.1) is 0 Å². The molecule has 6 heteroatoms. The van der Waals surface area contributed by atoms with Crippen molar-refractivity contribution in [1.29, 1.82) is 0 Å². The summed E-state index contributed by atoms with van der Waals surface area (Å²) in [6.45, 7) is 0.483. The Kier molecular flexibility index (Phi) is 6.14. The summed E-state index contributed by atoms with van der Waals surface area (Å²) in [4.78, 5) is 23.6. The first-order valence-electron chi connectivity index (χ1n) is 7.12. The van der Waals surface area contributed by atoms with Gasteiger partial charge < -0.3 is 15.7 Å². The predicted octanol–water partition coefficient (Wildman–Crippen LogP) is 1.92. The van der Waals surface area contributed by atoms with Crippen molar-refractivity contribution in [2.75, 3.05) is 13.1 Å². The van der Waals surface area contributed by atoms with Crippen molar-refractivity contribution in [2.24, 2.45) is 0 Å². The molecule has 0 spiro atoms. The van der Waals surface area contributed by atoms with Crippen molar-refractivity contribution in [3.63, 3.8) is 0 Å². The third-order valence-electron chi connectivity index (χ3n) is 3.18. The second kappa shape index (κ2) is 8.31. The van der Waals surface area contributed by atoms with Crippen LogP contribution < -0.4 is 10.6 Å². The molecular weight excluding hydrogens is 316 g/mol. The smallest absolute Gasteiger partial charge is 0.253 e. The molecular formula is C17H17ClN2O3. The van der Waals surface area contributed by atoms with Crippen molar-refractivity contribution in [3.8, 4) is 0 Å². The van der Waals surface area contributed by atoms with Crippen molar-refractivity contribution >= 4 is 23.4 Å². The third kappa shape index (κ3) is 5.09. The van der Waals surface area contributed by atoms with E-state index in [0.717, 1.165) is 0 Å². The number of hydrogen-bond acceptors (Lipinski definition) is 3. The number of carbonyl (C=O) groups excluding carboxylic acids is 2. The molecule has 0 aliphatic carbocycles. The standard InChI is InChI=1S/C17H17ClN2O3/c18-14-8-6-13(7-9-14)16(22)19-10-11-20-17(23)15(21)12-4-2-1-3-5-12/h1-9,15,21H,10-11H2,(H,19,22)(H,20,23). The first-order valence-corrected chi connectivity index (χ1v) is 7.50. The van der Waals surface area contributed by atoms with Crippen LogP contribution in [0.1, 0.15) is 22.0 Å². The van der Waals surface area contributed by atoms with Crippen LogP contribution in [-0.4, -0.2) is 30.0 Å². The number of aliphatic hydroxyl groups is 1. The molecule has 1 atom stereocenters. The van der Waals surface area contributed by atoms with E-state index in [1.165, 1.54) is 0 Å². The monoisotopic (exact) mass is 332 g/mol. The molecule has 2 aromatic carbocycles. The van der Waals surface area contributed by atoms with Crippen molar-refractivity contribution in [1.82, 2.24) is 10.6 Å². The molecule has 5 nitrogen and oxygen atoms in total. The van der Waals surface area contributed by atoms with E-state index in [-0.39, 0.29) is 19.0 Å². The van der Waals surface area contributed by atoms with Gasteiger partial charge in [-0.1, -0.05) is 41.9 Å². The number of benzene rings is 2. The lowest BCUT2D eigenvalue weighted by molar-refractivity contribution is -0.129. The van der Waals surface area contributed by atoms with Gasteiger partial charge in [-0.25, -0.2) is 0 Å². The van der Waals surface area contributed by atoms with Crippen molar-refractivity contribution in [2.45, 2.75) is 6.10 Å². The van der Waals surface area contributed by atoms with E-state index in [1.807, 2.05) is 0 Å². The van der Waals surface area contributed by atoms with Gasteiger partial charge in [0.2, 0.25) is 0 Å². The van der Waals surface area contributed by atoms with Gasteiger partial charge in [-0.2, -0.15) is 0 Å². The third-order valence-corrected chi connectivity index (χ3v) is 3.43. The molecule has 0 aliphatic heterocycles. The number of amides is 2. The maximum Gasteiger partial charge on any atom is 0.253 e. The Hall–Kier alpha value is -2.37. The minimum Gasteiger partial charge on any atom is -0.378 e. The summed E-state index contributed by atoms with van der Waals surface area (Å²) < 4.78 is 0. The highest BCUT2D eigenvalue weighted by Gasteiger charge is 2.16. The summed E-state index contributed by atoms with van der Waals surface area (Å²) in [5, 5.41) is 15.7. The average Bonchev–Trinajstić information content (AvgIpc) is 2.59.